The average Bonchev–Trinajstić information content (AvgIpc) is 3.20. The lowest BCUT2D eigenvalue weighted by atomic mass is 9.87. The van der Waals surface area contributed by atoms with Crippen LogP contribution >= 0.6 is 0 Å². The highest BCUT2D eigenvalue weighted by Gasteiger charge is 2.41. The van der Waals surface area contributed by atoms with Crippen LogP contribution in [-0.4, -0.2) is 47.0 Å². The van der Waals surface area contributed by atoms with Crippen molar-refractivity contribution in [1.82, 2.24) is 15.2 Å². The number of amides is 1. The van der Waals surface area contributed by atoms with E-state index in [0.29, 0.717) is 30.3 Å². The van der Waals surface area contributed by atoms with Crippen LogP contribution in [0.15, 0.2) is 84.7 Å². The van der Waals surface area contributed by atoms with Crippen LogP contribution in [0.1, 0.15) is 58.0 Å². The summed E-state index contributed by atoms with van der Waals surface area (Å²) in [4.78, 5) is 32.0. The Morgan fingerprint density at radius 2 is 1.86 bits per heavy atom. The third-order valence-electron chi connectivity index (χ3n) is 7.17. The maximum Gasteiger partial charge on any atom is 0.338 e. The fraction of sp³-hybridized carbons (Fsp3) is 0.300. The van der Waals surface area contributed by atoms with Gasteiger partial charge in [-0.25, -0.2) is 4.79 Å². The number of benzene rings is 2. The lowest BCUT2D eigenvalue weighted by molar-refractivity contribution is 0.0526. The van der Waals surface area contributed by atoms with Crippen LogP contribution < -0.4 is 5.32 Å². The van der Waals surface area contributed by atoms with E-state index in [1.165, 1.54) is 16.7 Å². The van der Waals surface area contributed by atoms with Gasteiger partial charge in [0, 0.05) is 37.6 Å². The lowest BCUT2D eigenvalue weighted by Gasteiger charge is -2.38. The van der Waals surface area contributed by atoms with Gasteiger partial charge in [-0.3, -0.25) is 14.7 Å². The van der Waals surface area contributed by atoms with Crippen LogP contribution in [0.2, 0.25) is 0 Å². The largest absolute Gasteiger partial charge is 0.462 e. The molecule has 0 saturated carbocycles. The molecule has 3 heterocycles. The Labute approximate surface area is 212 Å². The molecular formula is C30H31N3O3. The minimum absolute atomic E-state index is 0.134. The molecule has 3 aromatic rings. The van der Waals surface area contributed by atoms with Crippen LogP contribution in [0.3, 0.4) is 0 Å². The average molecular weight is 482 g/mol. The monoisotopic (exact) mass is 481 g/mol. The van der Waals surface area contributed by atoms with Gasteiger partial charge >= 0.3 is 5.97 Å². The number of rotatable bonds is 8. The topological polar surface area (TPSA) is 71.5 Å². The third-order valence-corrected chi connectivity index (χ3v) is 7.17. The number of fused-ring (bicyclic) bond motifs is 2. The van der Waals surface area contributed by atoms with Crippen LogP contribution in [0.5, 0.6) is 0 Å². The van der Waals surface area contributed by atoms with Gasteiger partial charge in [-0.15, -0.1) is 0 Å². The van der Waals surface area contributed by atoms with Gasteiger partial charge in [-0.2, -0.15) is 0 Å². The second kappa shape index (κ2) is 10.9. The summed E-state index contributed by atoms with van der Waals surface area (Å²) < 4.78 is 5.24. The van der Waals surface area contributed by atoms with Crippen molar-refractivity contribution in [3.63, 3.8) is 0 Å². The molecule has 5 rings (SSSR count). The Hall–Kier alpha value is -3.77. The van der Waals surface area contributed by atoms with Crippen LogP contribution in [0.4, 0.5) is 0 Å². The first kappa shape index (κ1) is 23.9. The zero-order chi connectivity index (χ0) is 24.9. The summed E-state index contributed by atoms with van der Waals surface area (Å²) in [6.07, 6.45) is 6.29. The quantitative estimate of drug-likeness (QED) is 0.465. The van der Waals surface area contributed by atoms with Gasteiger partial charge < -0.3 is 10.1 Å². The Morgan fingerprint density at radius 1 is 1.03 bits per heavy atom. The highest BCUT2D eigenvalue weighted by atomic mass is 16.5. The summed E-state index contributed by atoms with van der Waals surface area (Å²) in [5, 5.41) is 3.14. The standard InChI is InChI=1S/C30H31N3O3/c1-2-36-30(35)23-11-6-10-22(16-23)26-17-25-13-14-28(33(25)20-21-8-4-3-5-9-21)27(26)19-32-29(34)24-12-7-15-31-18-24/h3-12,15-16,18,25,28H,2,13-14,17,19-20H2,1H3,(H,32,34)/t25-,28+/m0/s1. The Bertz CT molecular complexity index is 1260. The van der Waals surface area contributed by atoms with Crippen molar-refractivity contribution in [1.29, 1.82) is 0 Å². The highest BCUT2D eigenvalue weighted by Crippen LogP contribution is 2.43. The predicted octanol–water partition coefficient (Wildman–Crippen LogP) is 4.88. The van der Waals surface area contributed by atoms with E-state index in [4.69, 9.17) is 4.74 Å². The minimum atomic E-state index is -0.309. The number of nitrogens with one attached hydrogen (secondary N) is 1. The van der Waals surface area contributed by atoms with Crippen LogP contribution in [0.25, 0.3) is 5.57 Å². The second-order valence-corrected chi connectivity index (χ2v) is 9.34. The summed E-state index contributed by atoms with van der Waals surface area (Å²) >= 11 is 0. The number of ether oxygens (including phenoxy) is 1. The molecule has 1 aromatic heterocycles. The van der Waals surface area contributed by atoms with E-state index in [1.54, 1.807) is 30.6 Å². The normalized spacial score (nSPS) is 19.2. The number of carbonyl (C=O) groups excluding carboxylic acids is 2. The van der Waals surface area contributed by atoms with Gasteiger partial charge in [0.1, 0.15) is 0 Å². The van der Waals surface area contributed by atoms with Gasteiger partial charge in [0.25, 0.3) is 5.91 Å². The van der Waals surface area contributed by atoms with E-state index in [9.17, 15) is 9.59 Å². The summed E-state index contributed by atoms with van der Waals surface area (Å²) in [5.41, 5.74) is 5.87. The lowest BCUT2D eigenvalue weighted by Crippen LogP contribution is -2.43. The first-order valence-corrected chi connectivity index (χ1v) is 12.6. The van der Waals surface area contributed by atoms with Crippen molar-refractivity contribution in [2.24, 2.45) is 0 Å². The molecule has 0 radical (unpaired) electrons. The SMILES string of the molecule is CCOC(=O)c1cccc(C2=C(CNC(=O)c3cccnc3)[C@H]3CC[C@@H](C2)N3Cc2ccccc2)c1. The molecule has 2 aliphatic heterocycles. The number of esters is 1. The van der Waals surface area contributed by atoms with Gasteiger partial charge in [-0.1, -0.05) is 42.5 Å². The van der Waals surface area contributed by atoms with Crippen molar-refractivity contribution in [3.05, 3.63) is 107 Å². The Morgan fingerprint density at radius 3 is 2.64 bits per heavy atom. The van der Waals surface area contributed by atoms with Crippen molar-refractivity contribution in [3.8, 4) is 0 Å². The van der Waals surface area contributed by atoms with Crippen molar-refractivity contribution in [2.45, 2.75) is 44.8 Å². The van der Waals surface area contributed by atoms with Crippen molar-refractivity contribution in [2.75, 3.05) is 13.2 Å². The summed E-state index contributed by atoms with van der Waals surface area (Å²) in [7, 11) is 0. The third kappa shape index (κ3) is 5.09. The molecular weight excluding hydrogens is 450 g/mol. The van der Waals surface area contributed by atoms with Gasteiger partial charge in [0.15, 0.2) is 0 Å². The molecule has 6 nitrogen and oxygen atoms in total. The summed E-state index contributed by atoms with van der Waals surface area (Å²) in [5.74, 6) is -0.444. The molecule has 6 heteroatoms. The number of pyridine rings is 1. The predicted molar refractivity (Wildman–Crippen MR) is 139 cm³/mol. The Kier molecular flexibility index (Phi) is 7.23. The van der Waals surface area contributed by atoms with Gasteiger partial charge in [0.2, 0.25) is 0 Å². The van der Waals surface area contributed by atoms with Gasteiger partial charge in [-0.05, 0) is 72.7 Å². The highest BCUT2D eigenvalue weighted by molar-refractivity contribution is 5.94. The van der Waals surface area contributed by atoms with Gasteiger partial charge in [0.05, 0.1) is 17.7 Å². The molecule has 2 bridgehead atoms. The van der Waals surface area contributed by atoms with Crippen molar-refractivity contribution >= 4 is 17.4 Å². The fourth-order valence-corrected chi connectivity index (χ4v) is 5.48. The number of aromatic nitrogens is 1. The maximum absolute atomic E-state index is 12.9. The first-order valence-electron chi connectivity index (χ1n) is 12.6. The number of carbonyl (C=O) groups is 2. The van der Waals surface area contributed by atoms with E-state index >= 15 is 0 Å². The van der Waals surface area contributed by atoms with E-state index in [1.807, 2.05) is 25.1 Å². The molecule has 0 aliphatic carbocycles. The molecule has 1 saturated heterocycles. The van der Waals surface area contributed by atoms with Crippen LogP contribution in [-0.2, 0) is 11.3 Å². The zero-order valence-corrected chi connectivity index (χ0v) is 20.5. The zero-order valence-electron chi connectivity index (χ0n) is 20.5. The number of hydrogen-bond acceptors (Lipinski definition) is 5. The molecule has 2 aromatic carbocycles. The molecule has 2 atom stereocenters. The molecule has 0 spiro atoms. The van der Waals surface area contributed by atoms with E-state index < -0.39 is 0 Å². The van der Waals surface area contributed by atoms with Crippen LogP contribution in [0, 0.1) is 0 Å². The minimum Gasteiger partial charge on any atom is -0.462 e. The molecule has 1 N–H and O–H groups in total. The van der Waals surface area contributed by atoms with Crippen molar-refractivity contribution < 1.29 is 14.3 Å². The molecule has 1 amide bonds. The Balaban J connectivity index is 1.48. The molecule has 1 fully saturated rings. The molecule has 2 aliphatic rings. The fourth-order valence-electron chi connectivity index (χ4n) is 5.48. The van der Waals surface area contributed by atoms with E-state index in [-0.39, 0.29) is 17.9 Å². The summed E-state index contributed by atoms with van der Waals surface area (Å²) in [6.45, 7) is 3.49. The van der Waals surface area contributed by atoms with E-state index in [0.717, 1.165) is 31.4 Å². The first-order chi connectivity index (χ1) is 17.6. The second-order valence-electron chi connectivity index (χ2n) is 9.34. The molecule has 0 unspecified atom stereocenters. The van der Waals surface area contributed by atoms with E-state index in [2.05, 4.69) is 45.5 Å². The summed E-state index contributed by atoms with van der Waals surface area (Å²) in [6, 6.07) is 22.5. The molecule has 184 valence electrons. The number of hydrogen-bond donors (Lipinski definition) is 1. The smallest absolute Gasteiger partial charge is 0.338 e. The maximum atomic E-state index is 12.9. The number of nitrogens with zero attached hydrogens (tertiary/aromatic N) is 2. The molecule has 36 heavy (non-hydrogen) atoms.